The zero-order valence-electron chi connectivity index (χ0n) is 9.44. The molecule has 1 aliphatic heterocycles. The Morgan fingerprint density at radius 1 is 1.75 bits per heavy atom. The molecule has 0 bridgehead atoms. The number of carbonyl (C=O) groups excluding carboxylic acids is 1. The minimum absolute atomic E-state index is 0.0584. The Hall–Kier alpha value is -1.42. The largest absolute Gasteiger partial charge is 0.352 e. The van der Waals surface area contributed by atoms with Gasteiger partial charge in [-0.1, -0.05) is 0 Å². The van der Waals surface area contributed by atoms with Crippen LogP contribution in [0.5, 0.6) is 0 Å². The minimum Gasteiger partial charge on any atom is -0.352 e. The van der Waals surface area contributed by atoms with E-state index in [1.54, 1.807) is 12.3 Å². The first kappa shape index (κ1) is 11.1. The third kappa shape index (κ3) is 2.79. The molecule has 0 spiro atoms. The van der Waals surface area contributed by atoms with Gasteiger partial charge in [0.1, 0.15) is 0 Å². The van der Waals surface area contributed by atoms with E-state index in [1.165, 1.54) is 6.20 Å². The molecule has 1 N–H and O–H groups in total. The van der Waals surface area contributed by atoms with Gasteiger partial charge in [0.15, 0.2) is 0 Å². The maximum atomic E-state index is 11.7. The van der Waals surface area contributed by atoms with Gasteiger partial charge in [-0.2, -0.15) is 0 Å². The van der Waals surface area contributed by atoms with Crippen LogP contribution in [0, 0.1) is 12.0 Å². The zero-order valence-corrected chi connectivity index (χ0v) is 9.44. The molecule has 1 aromatic heterocycles. The summed E-state index contributed by atoms with van der Waals surface area (Å²) >= 11 is 0. The molecule has 1 radical (unpaired) electrons. The summed E-state index contributed by atoms with van der Waals surface area (Å²) in [5.74, 6) is 0.521. The van der Waals surface area contributed by atoms with Gasteiger partial charge in [0.25, 0.3) is 5.91 Å². The van der Waals surface area contributed by atoms with E-state index in [9.17, 15) is 4.79 Å². The zero-order chi connectivity index (χ0) is 11.4. The average Bonchev–Trinajstić information content (AvgIpc) is 2.73. The molecule has 1 unspecified atom stereocenters. The fourth-order valence-electron chi connectivity index (χ4n) is 1.98. The van der Waals surface area contributed by atoms with E-state index in [0.717, 1.165) is 26.1 Å². The monoisotopic (exact) mass is 218 g/mol. The van der Waals surface area contributed by atoms with Crippen LogP contribution in [0.15, 0.2) is 18.5 Å². The van der Waals surface area contributed by atoms with Crippen molar-refractivity contribution >= 4 is 5.91 Å². The predicted octanol–water partition coefficient (Wildman–Crippen LogP) is 0.563. The molecule has 4 nitrogen and oxygen atoms in total. The summed E-state index contributed by atoms with van der Waals surface area (Å²) in [7, 11) is 2.11. The molecule has 85 valence electrons. The van der Waals surface area contributed by atoms with Crippen LogP contribution in [-0.2, 0) is 0 Å². The van der Waals surface area contributed by atoms with Gasteiger partial charge in [-0.05, 0) is 32.0 Å². The van der Waals surface area contributed by atoms with Crippen LogP contribution in [0.4, 0.5) is 0 Å². The first-order valence-corrected chi connectivity index (χ1v) is 5.54. The summed E-state index contributed by atoms with van der Waals surface area (Å²) in [5.41, 5.74) is 0.557. The topological polar surface area (TPSA) is 45.2 Å². The molecule has 1 saturated heterocycles. The Bertz CT molecular complexity index is 353. The predicted molar refractivity (Wildman–Crippen MR) is 61.0 cm³/mol. The van der Waals surface area contributed by atoms with Crippen molar-refractivity contribution in [2.24, 2.45) is 5.92 Å². The molecule has 1 fully saturated rings. The van der Waals surface area contributed by atoms with Crippen molar-refractivity contribution < 1.29 is 4.79 Å². The lowest BCUT2D eigenvalue weighted by Crippen LogP contribution is -2.30. The highest BCUT2D eigenvalue weighted by atomic mass is 16.1. The third-order valence-corrected chi connectivity index (χ3v) is 2.91. The molecule has 1 atom stereocenters. The van der Waals surface area contributed by atoms with Crippen LogP contribution in [-0.4, -0.2) is 42.5 Å². The Kier molecular flexibility index (Phi) is 3.51. The van der Waals surface area contributed by atoms with Crippen LogP contribution in [0.25, 0.3) is 0 Å². The average molecular weight is 218 g/mol. The Morgan fingerprint density at radius 2 is 2.62 bits per heavy atom. The van der Waals surface area contributed by atoms with Gasteiger partial charge in [0.2, 0.25) is 0 Å². The van der Waals surface area contributed by atoms with Crippen LogP contribution in [0.1, 0.15) is 16.8 Å². The van der Waals surface area contributed by atoms with Crippen LogP contribution in [0.3, 0.4) is 0 Å². The summed E-state index contributed by atoms with van der Waals surface area (Å²) in [6.07, 6.45) is 4.28. The van der Waals surface area contributed by atoms with Gasteiger partial charge in [0.05, 0.1) is 5.56 Å². The van der Waals surface area contributed by atoms with Gasteiger partial charge in [-0.25, -0.2) is 0 Å². The lowest BCUT2D eigenvalue weighted by molar-refractivity contribution is 0.0947. The molecule has 2 heterocycles. The van der Waals surface area contributed by atoms with Gasteiger partial charge in [-0.15, -0.1) is 0 Å². The summed E-state index contributed by atoms with van der Waals surface area (Å²) in [6.45, 7) is 2.95. The van der Waals surface area contributed by atoms with Gasteiger partial charge < -0.3 is 10.2 Å². The molecule has 0 aliphatic carbocycles. The van der Waals surface area contributed by atoms with Crippen molar-refractivity contribution in [1.29, 1.82) is 0 Å². The van der Waals surface area contributed by atoms with Crippen molar-refractivity contribution in [2.75, 3.05) is 26.7 Å². The summed E-state index contributed by atoms with van der Waals surface area (Å²) in [5, 5.41) is 2.94. The molecule has 1 aliphatic rings. The van der Waals surface area contributed by atoms with E-state index in [2.05, 4.69) is 28.3 Å². The van der Waals surface area contributed by atoms with Crippen LogP contribution < -0.4 is 5.32 Å². The molecular formula is C12H16N3O. The lowest BCUT2D eigenvalue weighted by Gasteiger charge is -2.11. The van der Waals surface area contributed by atoms with Crippen molar-refractivity contribution in [3.63, 3.8) is 0 Å². The maximum Gasteiger partial charge on any atom is 0.252 e. The standard InChI is InChI=1S/C12H16N3O/c1-15-7-4-10(9-15)8-14-12(16)11-2-5-13-6-3-11/h2,5-6,10H,4,7-9H2,1H3,(H,14,16). The number of carbonyl (C=O) groups is 1. The number of likely N-dealkylation sites (tertiary alicyclic amines) is 1. The number of pyridine rings is 1. The molecule has 0 saturated carbocycles. The van der Waals surface area contributed by atoms with Crippen LogP contribution >= 0.6 is 0 Å². The highest BCUT2D eigenvalue weighted by Gasteiger charge is 2.19. The van der Waals surface area contributed by atoms with E-state index in [1.807, 2.05) is 0 Å². The number of rotatable bonds is 3. The molecular weight excluding hydrogens is 202 g/mol. The molecule has 1 amide bonds. The van der Waals surface area contributed by atoms with E-state index in [0.29, 0.717) is 11.5 Å². The van der Waals surface area contributed by atoms with E-state index in [4.69, 9.17) is 0 Å². The number of amides is 1. The summed E-state index contributed by atoms with van der Waals surface area (Å²) in [4.78, 5) is 17.8. The number of aromatic nitrogens is 1. The quantitative estimate of drug-likeness (QED) is 0.806. The minimum atomic E-state index is -0.0584. The molecule has 16 heavy (non-hydrogen) atoms. The highest BCUT2D eigenvalue weighted by Crippen LogP contribution is 2.12. The normalized spacial score (nSPS) is 20.9. The fourth-order valence-corrected chi connectivity index (χ4v) is 1.98. The molecule has 2 rings (SSSR count). The van der Waals surface area contributed by atoms with Crippen molar-refractivity contribution in [1.82, 2.24) is 15.2 Å². The summed E-state index contributed by atoms with van der Waals surface area (Å²) in [6, 6.07) is 4.50. The maximum absolute atomic E-state index is 11.7. The SMILES string of the molecule is CN1CCC(CNC(=O)c2[c]cncc2)C1. The van der Waals surface area contributed by atoms with E-state index < -0.39 is 0 Å². The van der Waals surface area contributed by atoms with E-state index >= 15 is 0 Å². The molecule has 4 heteroatoms. The number of nitrogens with zero attached hydrogens (tertiary/aromatic N) is 2. The Morgan fingerprint density at radius 3 is 3.25 bits per heavy atom. The van der Waals surface area contributed by atoms with Gasteiger partial charge in [-0.3, -0.25) is 9.78 Å². The van der Waals surface area contributed by atoms with Gasteiger partial charge in [0, 0.05) is 31.5 Å². The first-order chi connectivity index (χ1) is 7.75. The van der Waals surface area contributed by atoms with Gasteiger partial charge >= 0.3 is 0 Å². The second kappa shape index (κ2) is 5.07. The van der Waals surface area contributed by atoms with Crippen LogP contribution in [0.2, 0.25) is 0 Å². The van der Waals surface area contributed by atoms with Crippen molar-refractivity contribution in [2.45, 2.75) is 6.42 Å². The smallest absolute Gasteiger partial charge is 0.252 e. The molecule has 0 aromatic carbocycles. The lowest BCUT2D eigenvalue weighted by atomic mass is 10.1. The number of nitrogens with one attached hydrogen (secondary N) is 1. The van der Waals surface area contributed by atoms with Crippen molar-refractivity contribution in [3.05, 3.63) is 30.1 Å². The first-order valence-electron chi connectivity index (χ1n) is 5.54. The van der Waals surface area contributed by atoms with Crippen molar-refractivity contribution in [3.8, 4) is 0 Å². The Labute approximate surface area is 95.7 Å². The third-order valence-electron chi connectivity index (χ3n) is 2.91. The van der Waals surface area contributed by atoms with E-state index in [-0.39, 0.29) is 5.91 Å². The second-order valence-corrected chi connectivity index (χ2v) is 4.28. The number of hydrogen-bond acceptors (Lipinski definition) is 3. The fraction of sp³-hybridized carbons (Fsp3) is 0.500. The second-order valence-electron chi connectivity index (χ2n) is 4.28. The summed E-state index contributed by atoms with van der Waals surface area (Å²) < 4.78 is 0. The Balaban J connectivity index is 1.80. The number of hydrogen-bond donors (Lipinski definition) is 1. The molecule has 1 aromatic rings. The highest BCUT2D eigenvalue weighted by molar-refractivity contribution is 5.93.